The van der Waals surface area contributed by atoms with Crippen molar-refractivity contribution in [2.45, 2.75) is 16.8 Å². The summed E-state index contributed by atoms with van der Waals surface area (Å²) in [7, 11) is -2.47. The van der Waals surface area contributed by atoms with Crippen molar-refractivity contribution in [2.24, 2.45) is 0 Å². The van der Waals surface area contributed by atoms with Crippen LogP contribution in [0.15, 0.2) is 70.3 Å². The van der Waals surface area contributed by atoms with E-state index >= 15 is 0 Å². The predicted octanol–water partition coefficient (Wildman–Crippen LogP) is 5.51. The van der Waals surface area contributed by atoms with Gasteiger partial charge in [0.2, 0.25) is 0 Å². The van der Waals surface area contributed by atoms with Crippen LogP contribution in [-0.2, 0) is 21.8 Å². The van der Waals surface area contributed by atoms with Crippen molar-refractivity contribution < 1.29 is 26.3 Å². The third-order valence-corrected chi connectivity index (χ3v) is 6.35. The highest BCUT2D eigenvalue weighted by Gasteiger charge is 2.33. The van der Waals surface area contributed by atoms with Crippen molar-refractivity contribution in [3.8, 4) is 16.9 Å². The summed E-state index contributed by atoms with van der Waals surface area (Å²) in [5.41, 5.74) is -0.421. The van der Waals surface area contributed by atoms with Gasteiger partial charge in [-0.1, -0.05) is 34.1 Å². The number of alkyl halides is 3. The Morgan fingerprint density at radius 1 is 1.07 bits per heavy atom. The summed E-state index contributed by atoms with van der Waals surface area (Å²) >= 11 is 3.23. The minimum atomic E-state index is -4.54. The fourth-order valence-corrected chi connectivity index (χ4v) is 4.92. The number of sulfone groups is 1. The summed E-state index contributed by atoms with van der Waals surface area (Å²) in [6.07, 6.45) is -1.94. The molecule has 4 nitrogen and oxygen atoms in total. The molecule has 0 aliphatic heterocycles. The van der Waals surface area contributed by atoms with Crippen LogP contribution in [0.1, 0.15) is 11.1 Å². The molecule has 0 fully saturated rings. The van der Waals surface area contributed by atoms with Gasteiger partial charge in [0, 0.05) is 22.4 Å². The van der Waals surface area contributed by atoms with Crippen LogP contribution in [0, 0.1) is 0 Å². The van der Waals surface area contributed by atoms with E-state index in [4.69, 9.17) is 4.74 Å². The molecule has 0 aliphatic carbocycles. The molecule has 1 heterocycles. The molecule has 0 spiro atoms. The number of aromatic nitrogens is 1. The fraction of sp³-hybridized carbons (Fsp3) is 0.150. The van der Waals surface area contributed by atoms with E-state index in [1.54, 1.807) is 6.07 Å². The Bertz CT molecular complexity index is 1150. The summed E-state index contributed by atoms with van der Waals surface area (Å²) in [6.45, 7) is 0. The van der Waals surface area contributed by atoms with Crippen molar-refractivity contribution in [3.05, 3.63) is 76.5 Å². The van der Waals surface area contributed by atoms with E-state index in [0.29, 0.717) is 4.47 Å². The van der Waals surface area contributed by atoms with E-state index in [0.717, 1.165) is 6.07 Å². The first-order chi connectivity index (χ1) is 13.6. The maximum atomic E-state index is 13.3. The number of benzene rings is 2. The Kier molecular flexibility index (Phi) is 6.00. The molecule has 2 aromatic carbocycles. The first-order valence-electron chi connectivity index (χ1n) is 8.28. The third-order valence-electron chi connectivity index (χ3n) is 4.16. The number of methoxy groups -OCH3 is 1. The third kappa shape index (κ3) is 4.79. The normalized spacial score (nSPS) is 12.0. The monoisotopic (exact) mass is 485 g/mol. The van der Waals surface area contributed by atoms with Crippen LogP contribution in [0.3, 0.4) is 0 Å². The SMILES string of the molecule is COc1ccc(Br)cc1S(=O)(=O)Cc1cncc(-c2ccccc2C(F)(F)F)c1. The van der Waals surface area contributed by atoms with Gasteiger partial charge >= 0.3 is 6.18 Å². The van der Waals surface area contributed by atoms with Gasteiger partial charge in [0.25, 0.3) is 0 Å². The quantitative estimate of drug-likeness (QED) is 0.477. The molecule has 0 saturated carbocycles. The average Bonchev–Trinajstić information content (AvgIpc) is 2.67. The molecular weight excluding hydrogens is 471 g/mol. The van der Waals surface area contributed by atoms with Gasteiger partial charge in [-0.15, -0.1) is 0 Å². The first-order valence-corrected chi connectivity index (χ1v) is 10.7. The molecule has 0 radical (unpaired) electrons. The molecule has 152 valence electrons. The smallest absolute Gasteiger partial charge is 0.417 e. The van der Waals surface area contributed by atoms with Crippen LogP contribution in [-0.4, -0.2) is 20.5 Å². The summed E-state index contributed by atoms with van der Waals surface area (Å²) in [5, 5.41) is 0. The average molecular weight is 486 g/mol. The van der Waals surface area contributed by atoms with Crippen molar-refractivity contribution in [1.29, 1.82) is 0 Å². The van der Waals surface area contributed by atoms with Gasteiger partial charge in [0.1, 0.15) is 10.6 Å². The molecule has 1 aromatic heterocycles. The number of rotatable bonds is 5. The Labute approximate surface area is 174 Å². The Morgan fingerprint density at radius 3 is 2.48 bits per heavy atom. The molecule has 0 bridgehead atoms. The molecule has 3 aromatic rings. The number of ether oxygens (including phenoxy) is 1. The van der Waals surface area contributed by atoms with Crippen LogP contribution in [0.25, 0.3) is 11.1 Å². The minimum absolute atomic E-state index is 0.0181. The lowest BCUT2D eigenvalue weighted by Crippen LogP contribution is -2.08. The van der Waals surface area contributed by atoms with E-state index in [9.17, 15) is 21.6 Å². The van der Waals surface area contributed by atoms with Crippen LogP contribution >= 0.6 is 15.9 Å². The summed E-state index contributed by atoms with van der Waals surface area (Å²) in [5.74, 6) is -0.255. The zero-order valence-corrected chi connectivity index (χ0v) is 17.5. The van der Waals surface area contributed by atoms with E-state index in [1.807, 2.05) is 0 Å². The lowest BCUT2D eigenvalue weighted by Gasteiger charge is -2.14. The van der Waals surface area contributed by atoms with Gasteiger partial charge < -0.3 is 4.74 Å². The van der Waals surface area contributed by atoms with Crippen molar-refractivity contribution in [1.82, 2.24) is 4.98 Å². The van der Waals surface area contributed by atoms with E-state index in [-0.39, 0.29) is 27.3 Å². The zero-order valence-electron chi connectivity index (χ0n) is 15.1. The maximum Gasteiger partial charge on any atom is 0.417 e. The fourth-order valence-electron chi connectivity index (χ4n) is 2.89. The van der Waals surface area contributed by atoms with Crippen LogP contribution in [0.2, 0.25) is 0 Å². The Hall–Kier alpha value is -2.39. The predicted molar refractivity (Wildman–Crippen MR) is 106 cm³/mol. The Balaban J connectivity index is 2.01. The zero-order chi connectivity index (χ0) is 21.2. The molecular formula is C20H15BrF3NO3S. The second kappa shape index (κ2) is 8.16. The Morgan fingerprint density at radius 2 is 1.79 bits per heavy atom. The summed E-state index contributed by atoms with van der Waals surface area (Å²) < 4.78 is 71.4. The van der Waals surface area contributed by atoms with Gasteiger partial charge in [-0.05, 0) is 41.5 Å². The van der Waals surface area contributed by atoms with Gasteiger partial charge in [0.05, 0.1) is 18.4 Å². The van der Waals surface area contributed by atoms with E-state index < -0.39 is 27.3 Å². The van der Waals surface area contributed by atoms with Gasteiger partial charge in [0.15, 0.2) is 9.84 Å². The van der Waals surface area contributed by atoms with Crippen LogP contribution in [0.5, 0.6) is 5.75 Å². The highest BCUT2D eigenvalue weighted by Crippen LogP contribution is 2.37. The van der Waals surface area contributed by atoms with E-state index in [2.05, 4.69) is 20.9 Å². The largest absolute Gasteiger partial charge is 0.495 e. The van der Waals surface area contributed by atoms with Gasteiger partial charge in [-0.3, -0.25) is 4.98 Å². The highest BCUT2D eigenvalue weighted by molar-refractivity contribution is 9.10. The van der Waals surface area contributed by atoms with Crippen molar-refractivity contribution in [3.63, 3.8) is 0 Å². The van der Waals surface area contributed by atoms with Crippen LogP contribution < -0.4 is 4.74 Å². The number of pyridine rings is 1. The topological polar surface area (TPSA) is 56.3 Å². The molecule has 0 atom stereocenters. The molecule has 0 aliphatic rings. The summed E-state index contributed by atoms with van der Waals surface area (Å²) in [4.78, 5) is 3.93. The molecule has 0 saturated heterocycles. The highest BCUT2D eigenvalue weighted by atomic mass is 79.9. The van der Waals surface area contributed by atoms with Crippen molar-refractivity contribution in [2.75, 3.05) is 7.11 Å². The summed E-state index contributed by atoms with van der Waals surface area (Å²) in [6, 6.07) is 11.1. The molecule has 0 N–H and O–H groups in total. The van der Waals surface area contributed by atoms with Gasteiger partial charge in [-0.2, -0.15) is 13.2 Å². The second-order valence-corrected chi connectivity index (χ2v) is 9.05. The first kappa shape index (κ1) is 21.3. The van der Waals surface area contributed by atoms with Crippen LogP contribution in [0.4, 0.5) is 13.2 Å². The molecule has 0 amide bonds. The standard InChI is InChI=1S/C20H15BrF3NO3S/c1-28-18-7-6-15(21)9-19(18)29(26,27)12-13-8-14(11-25-10-13)16-4-2-3-5-17(16)20(22,23)24/h2-11H,12H2,1H3. The molecule has 0 unspecified atom stereocenters. The van der Waals surface area contributed by atoms with Crippen molar-refractivity contribution >= 4 is 25.8 Å². The minimum Gasteiger partial charge on any atom is -0.495 e. The lowest BCUT2D eigenvalue weighted by molar-refractivity contribution is -0.137. The second-order valence-electron chi connectivity index (χ2n) is 6.18. The molecule has 29 heavy (non-hydrogen) atoms. The lowest BCUT2D eigenvalue weighted by atomic mass is 10.00. The van der Waals surface area contributed by atoms with Gasteiger partial charge in [-0.25, -0.2) is 8.42 Å². The van der Waals surface area contributed by atoms with E-state index in [1.165, 1.54) is 55.9 Å². The number of hydrogen-bond acceptors (Lipinski definition) is 4. The molecule has 3 rings (SSSR count). The number of nitrogens with zero attached hydrogens (tertiary/aromatic N) is 1. The number of halogens is 4. The number of hydrogen-bond donors (Lipinski definition) is 0. The maximum absolute atomic E-state index is 13.3. The molecule has 9 heteroatoms.